The lowest BCUT2D eigenvalue weighted by Crippen LogP contribution is -2.58. The van der Waals surface area contributed by atoms with E-state index in [2.05, 4.69) is 24.3 Å². The molecule has 1 aliphatic carbocycles. The van der Waals surface area contributed by atoms with Gasteiger partial charge < -0.3 is 0 Å². The molecule has 23 heavy (non-hydrogen) atoms. The fraction of sp³-hybridized carbons (Fsp3) is 0.350. The van der Waals surface area contributed by atoms with Crippen LogP contribution in [0.2, 0.25) is 0 Å². The summed E-state index contributed by atoms with van der Waals surface area (Å²) in [5.74, 6) is -0.0399. The molecular weight excluding hydrogens is 327 g/mol. The highest BCUT2D eigenvalue weighted by molar-refractivity contribution is 6.61. The fourth-order valence-electron chi connectivity index (χ4n) is 3.39. The van der Waals surface area contributed by atoms with Gasteiger partial charge in [-0.2, -0.15) is 0 Å². The molecule has 0 saturated heterocycles. The topological polar surface area (TPSA) is 17.1 Å². The summed E-state index contributed by atoms with van der Waals surface area (Å²) in [6.45, 7) is 0. The zero-order valence-corrected chi connectivity index (χ0v) is 14.5. The van der Waals surface area contributed by atoms with Crippen LogP contribution < -0.4 is 0 Å². The molecule has 3 rings (SSSR count). The first kappa shape index (κ1) is 16.5. The number of alkyl halides is 2. The molecule has 3 heteroatoms. The molecule has 1 fully saturated rings. The van der Waals surface area contributed by atoms with E-state index in [1.54, 1.807) is 0 Å². The molecule has 0 aromatic heterocycles. The van der Waals surface area contributed by atoms with Crippen LogP contribution in [-0.4, -0.2) is 10.1 Å². The minimum atomic E-state index is -1.24. The number of ketones is 1. The van der Waals surface area contributed by atoms with E-state index in [0.29, 0.717) is 6.42 Å². The van der Waals surface area contributed by atoms with Crippen LogP contribution in [-0.2, 0) is 17.6 Å². The van der Waals surface area contributed by atoms with Gasteiger partial charge in [-0.05, 0) is 36.8 Å². The second-order valence-electron chi connectivity index (χ2n) is 6.43. The molecule has 0 bridgehead atoms. The summed E-state index contributed by atoms with van der Waals surface area (Å²) >= 11 is 12.9. The number of rotatable bonds is 6. The first-order valence-electron chi connectivity index (χ1n) is 8.02. The van der Waals surface area contributed by atoms with Crippen LogP contribution in [0.3, 0.4) is 0 Å². The van der Waals surface area contributed by atoms with Gasteiger partial charge in [-0.1, -0.05) is 83.9 Å². The van der Waals surface area contributed by atoms with Crippen molar-refractivity contribution in [3.8, 4) is 0 Å². The first-order valence-corrected chi connectivity index (χ1v) is 8.78. The lowest BCUT2D eigenvalue weighted by atomic mass is 9.61. The quantitative estimate of drug-likeness (QED) is 0.641. The van der Waals surface area contributed by atoms with E-state index in [4.69, 9.17) is 23.2 Å². The molecule has 0 spiro atoms. The lowest BCUT2D eigenvalue weighted by Gasteiger charge is -2.51. The average molecular weight is 347 g/mol. The standard InChI is InChI=1S/C20H20Cl2O/c21-20(22)18(23)15-19(20,13-11-16-7-3-1-4-8-16)14-12-17-9-5-2-6-10-17/h1-10H,11-15H2. The number of benzene rings is 2. The highest BCUT2D eigenvalue weighted by atomic mass is 35.5. The summed E-state index contributed by atoms with van der Waals surface area (Å²) in [5, 5.41) is 0. The number of hydrogen-bond donors (Lipinski definition) is 0. The second kappa shape index (κ2) is 6.67. The Kier molecular flexibility index (Phi) is 4.79. The number of halogens is 2. The van der Waals surface area contributed by atoms with Crippen molar-refractivity contribution in [2.45, 2.75) is 36.4 Å². The van der Waals surface area contributed by atoms with E-state index in [1.165, 1.54) is 11.1 Å². The van der Waals surface area contributed by atoms with E-state index in [0.717, 1.165) is 25.7 Å². The Balaban J connectivity index is 1.72. The Morgan fingerprint density at radius 1 is 0.783 bits per heavy atom. The van der Waals surface area contributed by atoms with Crippen LogP contribution >= 0.6 is 23.2 Å². The number of aryl methyl sites for hydroxylation is 2. The molecule has 0 aliphatic heterocycles. The summed E-state index contributed by atoms with van der Waals surface area (Å²) in [5.41, 5.74) is 2.20. The normalized spacial score (nSPS) is 18.4. The summed E-state index contributed by atoms with van der Waals surface area (Å²) in [4.78, 5) is 11.9. The Morgan fingerprint density at radius 2 is 1.22 bits per heavy atom. The van der Waals surface area contributed by atoms with Gasteiger partial charge in [0.2, 0.25) is 0 Å². The van der Waals surface area contributed by atoms with Gasteiger partial charge in [0.1, 0.15) is 0 Å². The SMILES string of the molecule is O=C1CC(CCc2ccccc2)(CCc2ccccc2)C1(Cl)Cl. The Bertz CT molecular complexity index is 621. The largest absolute Gasteiger partial charge is 0.296 e. The van der Waals surface area contributed by atoms with Crippen LogP contribution in [0, 0.1) is 5.41 Å². The molecule has 0 N–H and O–H groups in total. The molecule has 1 aliphatic rings. The van der Waals surface area contributed by atoms with Gasteiger partial charge in [0.15, 0.2) is 10.1 Å². The maximum absolute atomic E-state index is 11.9. The fourth-order valence-corrected chi connectivity index (χ4v) is 4.04. The molecule has 2 aromatic rings. The van der Waals surface area contributed by atoms with E-state index in [-0.39, 0.29) is 11.2 Å². The molecule has 0 unspecified atom stereocenters. The predicted molar refractivity (Wildman–Crippen MR) is 96.0 cm³/mol. The third kappa shape index (κ3) is 3.32. The Labute approximate surface area is 147 Å². The minimum Gasteiger partial charge on any atom is -0.296 e. The van der Waals surface area contributed by atoms with Crippen LogP contribution in [0.25, 0.3) is 0 Å². The summed E-state index contributed by atoms with van der Waals surface area (Å²) in [6, 6.07) is 20.6. The molecule has 0 radical (unpaired) electrons. The van der Waals surface area contributed by atoms with Crippen molar-refractivity contribution in [3.63, 3.8) is 0 Å². The highest BCUT2D eigenvalue weighted by Crippen LogP contribution is 2.59. The van der Waals surface area contributed by atoms with Gasteiger partial charge in [-0.25, -0.2) is 0 Å². The maximum atomic E-state index is 11.9. The molecule has 2 aromatic carbocycles. The summed E-state index contributed by atoms with van der Waals surface area (Å²) in [7, 11) is 0. The van der Waals surface area contributed by atoms with Gasteiger partial charge >= 0.3 is 0 Å². The number of carbonyl (C=O) groups is 1. The molecule has 1 saturated carbocycles. The summed E-state index contributed by atoms with van der Waals surface area (Å²) in [6.07, 6.45) is 3.94. The monoisotopic (exact) mass is 346 g/mol. The molecule has 0 atom stereocenters. The first-order chi connectivity index (χ1) is 11.0. The Morgan fingerprint density at radius 3 is 1.57 bits per heavy atom. The van der Waals surface area contributed by atoms with Crippen molar-refractivity contribution in [3.05, 3.63) is 71.8 Å². The van der Waals surface area contributed by atoms with Crippen molar-refractivity contribution in [2.24, 2.45) is 5.41 Å². The number of Topliss-reactive ketones (excluding diaryl/α,β-unsaturated/α-hetero) is 1. The van der Waals surface area contributed by atoms with Crippen molar-refractivity contribution < 1.29 is 4.79 Å². The molecule has 0 heterocycles. The van der Waals surface area contributed by atoms with Gasteiger partial charge in [-0.3, -0.25) is 4.79 Å². The summed E-state index contributed by atoms with van der Waals surface area (Å²) < 4.78 is -1.24. The van der Waals surface area contributed by atoms with Gasteiger partial charge in [0, 0.05) is 11.8 Å². The predicted octanol–water partition coefficient (Wildman–Crippen LogP) is 5.39. The third-order valence-electron chi connectivity index (χ3n) is 4.99. The van der Waals surface area contributed by atoms with Crippen LogP contribution in [0.15, 0.2) is 60.7 Å². The average Bonchev–Trinajstić information content (AvgIpc) is 2.59. The van der Waals surface area contributed by atoms with Crippen LogP contribution in [0.1, 0.15) is 30.4 Å². The molecular formula is C20H20Cl2O. The third-order valence-corrected chi connectivity index (χ3v) is 6.21. The van der Waals surface area contributed by atoms with Gasteiger partial charge in [0.25, 0.3) is 0 Å². The lowest BCUT2D eigenvalue weighted by molar-refractivity contribution is -0.135. The van der Waals surface area contributed by atoms with E-state index in [9.17, 15) is 4.79 Å². The van der Waals surface area contributed by atoms with E-state index in [1.807, 2.05) is 36.4 Å². The smallest absolute Gasteiger partial charge is 0.181 e. The van der Waals surface area contributed by atoms with E-state index < -0.39 is 4.33 Å². The van der Waals surface area contributed by atoms with Crippen LogP contribution in [0.5, 0.6) is 0 Å². The zero-order chi connectivity index (χ0) is 16.3. The van der Waals surface area contributed by atoms with Gasteiger partial charge in [0.05, 0.1) is 0 Å². The molecule has 120 valence electrons. The number of hydrogen-bond acceptors (Lipinski definition) is 1. The molecule has 1 nitrogen and oxygen atoms in total. The minimum absolute atomic E-state index is 0.0399. The van der Waals surface area contributed by atoms with Crippen molar-refractivity contribution in [2.75, 3.05) is 0 Å². The van der Waals surface area contributed by atoms with Crippen LogP contribution in [0.4, 0.5) is 0 Å². The Hall–Kier alpha value is -1.31. The molecule has 0 amide bonds. The van der Waals surface area contributed by atoms with Crippen molar-refractivity contribution in [1.29, 1.82) is 0 Å². The second-order valence-corrected chi connectivity index (χ2v) is 7.75. The maximum Gasteiger partial charge on any atom is 0.181 e. The van der Waals surface area contributed by atoms with Gasteiger partial charge in [-0.15, -0.1) is 0 Å². The van der Waals surface area contributed by atoms with Crippen molar-refractivity contribution >= 4 is 29.0 Å². The van der Waals surface area contributed by atoms with Crippen molar-refractivity contribution in [1.82, 2.24) is 0 Å². The zero-order valence-electron chi connectivity index (χ0n) is 13.0. The number of carbonyl (C=O) groups excluding carboxylic acids is 1. The van der Waals surface area contributed by atoms with E-state index >= 15 is 0 Å². The highest BCUT2D eigenvalue weighted by Gasteiger charge is 2.63.